The van der Waals surface area contributed by atoms with E-state index in [0.717, 1.165) is 0 Å². The Morgan fingerprint density at radius 2 is 1.00 bits per heavy atom. The molecule has 0 saturated heterocycles. The molecular formula is C16H10F2O2. The standard InChI is InChI=1S/C16H10F2O2/c17-13-7-3-1-5-11(13)15-16(20-10-9-19-15)12-6-2-4-8-14(12)18/h1-10H. The summed E-state index contributed by atoms with van der Waals surface area (Å²) in [4.78, 5) is 0. The molecule has 1 aliphatic heterocycles. The first-order valence-electron chi connectivity index (χ1n) is 6.00. The van der Waals surface area contributed by atoms with E-state index in [1.54, 1.807) is 36.4 Å². The van der Waals surface area contributed by atoms with Gasteiger partial charge in [0.15, 0.2) is 11.5 Å². The van der Waals surface area contributed by atoms with Gasteiger partial charge in [-0.1, -0.05) is 24.3 Å². The van der Waals surface area contributed by atoms with Gasteiger partial charge in [-0.25, -0.2) is 8.78 Å². The van der Waals surface area contributed by atoms with E-state index >= 15 is 0 Å². The summed E-state index contributed by atoms with van der Waals surface area (Å²) in [6.07, 6.45) is 2.57. The van der Waals surface area contributed by atoms with Gasteiger partial charge < -0.3 is 9.47 Å². The Kier molecular flexibility index (Phi) is 3.21. The van der Waals surface area contributed by atoms with Gasteiger partial charge in [0.1, 0.15) is 24.2 Å². The molecule has 2 aromatic rings. The minimum atomic E-state index is -0.463. The van der Waals surface area contributed by atoms with Crippen LogP contribution in [-0.2, 0) is 9.47 Å². The van der Waals surface area contributed by atoms with Crippen LogP contribution in [0, 0.1) is 11.6 Å². The first-order chi connectivity index (χ1) is 9.77. The highest BCUT2D eigenvalue weighted by molar-refractivity contribution is 5.85. The van der Waals surface area contributed by atoms with E-state index in [9.17, 15) is 8.78 Å². The first kappa shape index (κ1) is 12.4. The third kappa shape index (κ3) is 2.16. The first-order valence-corrected chi connectivity index (χ1v) is 6.00. The summed E-state index contributed by atoms with van der Waals surface area (Å²) in [5, 5.41) is 0. The fourth-order valence-electron chi connectivity index (χ4n) is 1.96. The van der Waals surface area contributed by atoms with Crippen molar-refractivity contribution in [2.75, 3.05) is 0 Å². The van der Waals surface area contributed by atoms with Crippen molar-refractivity contribution in [1.82, 2.24) is 0 Å². The number of hydrogen-bond donors (Lipinski definition) is 0. The van der Waals surface area contributed by atoms with E-state index in [0.29, 0.717) is 0 Å². The van der Waals surface area contributed by atoms with Crippen molar-refractivity contribution in [3.63, 3.8) is 0 Å². The SMILES string of the molecule is Fc1ccccc1C1=C(c2ccccc2F)OC=CO1. The van der Waals surface area contributed by atoms with Crippen LogP contribution in [0.25, 0.3) is 11.5 Å². The van der Waals surface area contributed by atoms with Gasteiger partial charge in [0.25, 0.3) is 0 Å². The highest BCUT2D eigenvalue weighted by atomic mass is 19.1. The van der Waals surface area contributed by atoms with Crippen LogP contribution in [0.1, 0.15) is 11.1 Å². The van der Waals surface area contributed by atoms with Gasteiger partial charge in [0.05, 0.1) is 11.1 Å². The summed E-state index contributed by atoms with van der Waals surface area (Å²) in [5.41, 5.74) is 0.435. The zero-order valence-corrected chi connectivity index (χ0v) is 10.3. The maximum absolute atomic E-state index is 13.9. The number of benzene rings is 2. The third-order valence-electron chi connectivity index (χ3n) is 2.87. The van der Waals surface area contributed by atoms with Crippen molar-refractivity contribution in [2.45, 2.75) is 0 Å². The minimum absolute atomic E-state index is 0.149. The fraction of sp³-hybridized carbons (Fsp3) is 0. The molecule has 3 rings (SSSR count). The number of ether oxygens (including phenoxy) is 2. The summed E-state index contributed by atoms with van der Waals surface area (Å²) in [6, 6.07) is 12.2. The molecule has 100 valence electrons. The molecule has 1 aliphatic rings. The zero-order valence-electron chi connectivity index (χ0n) is 10.3. The van der Waals surface area contributed by atoms with Crippen LogP contribution in [-0.4, -0.2) is 0 Å². The van der Waals surface area contributed by atoms with Crippen molar-refractivity contribution in [3.8, 4) is 0 Å². The number of halogens is 2. The molecule has 0 unspecified atom stereocenters. The Morgan fingerprint density at radius 1 is 0.600 bits per heavy atom. The molecule has 0 aliphatic carbocycles. The van der Waals surface area contributed by atoms with Crippen molar-refractivity contribution in [1.29, 1.82) is 0 Å². The topological polar surface area (TPSA) is 18.5 Å². The Labute approximate surface area is 114 Å². The van der Waals surface area contributed by atoms with Gasteiger partial charge in [0, 0.05) is 0 Å². The molecule has 0 saturated carbocycles. The normalized spacial score (nSPS) is 13.9. The maximum atomic E-state index is 13.9. The van der Waals surface area contributed by atoms with E-state index in [-0.39, 0.29) is 22.6 Å². The third-order valence-corrected chi connectivity index (χ3v) is 2.87. The van der Waals surface area contributed by atoms with Crippen LogP contribution in [0.5, 0.6) is 0 Å². The van der Waals surface area contributed by atoms with Crippen LogP contribution in [0.2, 0.25) is 0 Å². The lowest BCUT2D eigenvalue weighted by Gasteiger charge is -2.18. The Balaban J connectivity index is 2.19. The van der Waals surface area contributed by atoms with Crippen LogP contribution in [0.4, 0.5) is 8.78 Å². The summed E-state index contributed by atoms with van der Waals surface area (Å²) >= 11 is 0. The summed E-state index contributed by atoms with van der Waals surface area (Å²) < 4.78 is 38.4. The molecule has 0 bridgehead atoms. The van der Waals surface area contributed by atoms with Crippen LogP contribution in [0.15, 0.2) is 61.1 Å². The highest BCUT2D eigenvalue weighted by Crippen LogP contribution is 2.33. The second kappa shape index (κ2) is 5.17. The zero-order chi connectivity index (χ0) is 13.9. The van der Waals surface area contributed by atoms with Gasteiger partial charge in [-0.15, -0.1) is 0 Å². The molecule has 4 heteroatoms. The number of hydrogen-bond acceptors (Lipinski definition) is 2. The fourth-order valence-corrected chi connectivity index (χ4v) is 1.96. The molecular weight excluding hydrogens is 262 g/mol. The highest BCUT2D eigenvalue weighted by Gasteiger charge is 2.21. The summed E-state index contributed by atoms with van der Waals surface area (Å²) in [5.74, 6) is -0.628. The van der Waals surface area contributed by atoms with Crippen molar-refractivity contribution in [2.24, 2.45) is 0 Å². The predicted octanol–water partition coefficient (Wildman–Crippen LogP) is 4.31. The lowest BCUT2D eigenvalue weighted by molar-refractivity contribution is 0.332. The Bertz CT molecular complexity index is 646. The predicted molar refractivity (Wildman–Crippen MR) is 70.9 cm³/mol. The van der Waals surface area contributed by atoms with Gasteiger partial charge in [0.2, 0.25) is 0 Å². The minimum Gasteiger partial charge on any atom is -0.457 e. The monoisotopic (exact) mass is 272 g/mol. The van der Waals surface area contributed by atoms with Crippen LogP contribution < -0.4 is 0 Å². The van der Waals surface area contributed by atoms with E-state index in [2.05, 4.69) is 0 Å². The Morgan fingerprint density at radius 3 is 1.40 bits per heavy atom. The lowest BCUT2D eigenvalue weighted by atomic mass is 10.1. The van der Waals surface area contributed by atoms with E-state index in [1.165, 1.54) is 24.7 Å². The van der Waals surface area contributed by atoms with Crippen molar-refractivity contribution in [3.05, 3.63) is 83.8 Å². The van der Waals surface area contributed by atoms with E-state index < -0.39 is 11.6 Å². The molecule has 2 aromatic carbocycles. The molecule has 0 radical (unpaired) electrons. The van der Waals surface area contributed by atoms with Crippen molar-refractivity contribution < 1.29 is 18.3 Å². The second-order valence-electron chi connectivity index (χ2n) is 4.13. The van der Waals surface area contributed by atoms with E-state index in [4.69, 9.17) is 9.47 Å². The average molecular weight is 272 g/mol. The maximum Gasteiger partial charge on any atom is 0.180 e. The molecule has 0 fully saturated rings. The summed E-state index contributed by atoms with van der Waals surface area (Å²) in [7, 11) is 0. The van der Waals surface area contributed by atoms with Gasteiger partial charge in [-0.2, -0.15) is 0 Å². The Hall–Kier alpha value is -2.62. The van der Waals surface area contributed by atoms with E-state index in [1.807, 2.05) is 0 Å². The molecule has 1 heterocycles. The quantitative estimate of drug-likeness (QED) is 0.811. The van der Waals surface area contributed by atoms with Crippen LogP contribution >= 0.6 is 0 Å². The molecule has 0 aromatic heterocycles. The lowest BCUT2D eigenvalue weighted by Crippen LogP contribution is -2.03. The smallest absolute Gasteiger partial charge is 0.180 e. The van der Waals surface area contributed by atoms with Gasteiger partial charge in [-0.3, -0.25) is 0 Å². The van der Waals surface area contributed by atoms with Gasteiger partial charge in [-0.05, 0) is 24.3 Å². The molecule has 0 amide bonds. The largest absolute Gasteiger partial charge is 0.457 e. The summed E-state index contributed by atoms with van der Waals surface area (Å²) in [6.45, 7) is 0. The molecule has 2 nitrogen and oxygen atoms in total. The number of rotatable bonds is 2. The average Bonchev–Trinajstić information content (AvgIpc) is 2.48. The van der Waals surface area contributed by atoms with Crippen molar-refractivity contribution >= 4 is 11.5 Å². The molecule has 20 heavy (non-hydrogen) atoms. The molecule has 0 atom stereocenters. The molecule has 0 N–H and O–H groups in total. The van der Waals surface area contributed by atoms with Gasteiger partial charge >= 0.3 is 0 Å². The second-order valence-corrected chi connectivity index (χ2v) is 4.13. The van der Waals surface area contributed by atoms with Crippen LogP contribution in [0.3, 0.4) is 0 Å². The molecule has 0 spiro atoms.